The van der Waals surface area contributed by atoms with Crippen LogP contribution in [-0.4, -0.2) is 37.8 Å². The first-order valence-electron chi connectivity index (χ1n) is 10.1. The van der Waals surface area contributed by atoms with Crippen molar-refractivity contribution in [2.24, 2.45) is 5.92 Å². The quantitative estimate of drug-likeness (QED) is 0.723. The highest BCUT2D eigenvalue weighted by Crippen LogP contribution is 2.25. The molecule has 2 aromatic rings. The van der Waals surface area contributed by atoms with Gasteiger partial charge in [0, 0.05) is 25.0 Å². The Hall–Kier alpha value is -2.32. The van der Waals surface area contributed by atoms with Gasteiger partial charge in [0.1, 0.15) is 0 Å². The fourth-order valence-electron chi connectivity index (χ4n) is 3.61. The summed E-state index contributed by atoms with van der Waals surface area (Å²) in [5.41, 5.74) is 1.22. The van der Waals surface area contributed by atoms with Gasteiger partial charge in [-0.1, -0.05) is 30.3 Å². The Morgan fingerprint density at radius 1 is 1.10 bits per heavy atom. The summed E-state index contributed by atoms with van der Waals surface area (Å²) in [7, 11) is -3.92. The first kappa shape index (κ1) is 22.4. The molecule has 3 rings (SSSR count). The molecule has 0 radical (unpaired) electrons. The second-order valence-corrected chi connectivity index (χ2v) is 9.63. The van der Waals surface area contributed by atoms with E-state index < -0.39 is 21.7 Å². The van der Waals surface area contributed by atoms with Crippen LogP contribution in [0.4, 0.5) is 8.78 Å². The molecule has 30 heavy (non-hydrogen) atoms. The molecule has 0 aliphatic carbocycles. The summed E-state index contributed by atoms with van der Waals surface area (Å²) in [5.74, 6) is -2.62. The number of hydrogen-bond donors (Lipinski definition) is 1. The van der Waals surface area contributed by atoms with Crippen molar-refractivity contribution in [1.29, 1.82) is 0 Å². The number of halogens is 2. The summed E-state index contributed by atoms with van der Waals surface area (Å²) >= 11 is 0. The molecular formula is C22H26F2N2O3S. The third kappa shape index (κ3) is 5.43. The first-order chi connectivity index (χ1) is 14.3. The number of carbonyl (C=O) groups is 1. The summed E-state index contributed by atoms with van der Waals surface area (Å²) in [6, 6.07) is 12.6. The van der Waals surface area contributed by atoms with Crippen LogP contribution >= 0.6 is 0 Å². The summed E-state index contributed by atoms with van der Waals surface area (Å²) in [6.45, 7) is 2.29. The predicted molar refractivity (Wildman–Crippen MR) is 110 cm³/mol. The summed E-state index contributed by atoms with van der Waals surface area (Å²) < 4.78 is 53.1. The van der Waals surface area contributed by atoms with Gasteiger partial charge >= 0.3 is 0 Å². The van der Waals surface area contributed by atoms with E-state index in [9.17, 15) is 22.0 Å². The Balaban J connectivity index is 1.50. The molecule has 1 aliphatic heterocycles. The van der Waals surface area contributed by atoms with Crippen LogP contribution < -0.4 is 5.32 Å². The largest absolute Gasteiger partial charge is 0.353 e. The van der Waals surface area contributed by atoms with Crippen LogP contribution in [0.15, 0.2) is 53.4 Å². The SMILES string of the molecule is C[C@H](CCc1ccccc1)NC(=O)C1CCN(S(=O)(=O)c2ccc(F)c(F)c2)CC1. The molecule has 0 aromatic heterocycles. The van der Waals surface area contributed by atoms with Crippen LogP contribution in [0.2, 0.25) is 0 Å². The highest BCUT2D eigenvalue weighted by atomic mass is 32.2. The maximum absolute atomic E-state index is 13.4. The van der Waals surface area contributed by atoms with Gasteiger partial charge in [0.05, 0.1) is 4.90 Å². The Labute approximate surface area is 176 Å². The Bertz CT molecular complexity index is 975. The molecular weight excluding hydrogens is 410 g/mol. The van der Waals surface area contributed by atoms with Crippen molar-refractivity contribution in [2.75, 3.05) is 13.1 Å². The minimum Gasteiger partial charge on any atom is -0.353 e. The van der Waals surface area contributed by atoms with Gasteiger partial charge in [-0.15, -0.1) is 0 Å². The minimum atomic E-state index is -3.92. The summed E-state index contributed by atoms with van der Waals surface area (Å²) in [6.07, 6.45) is 2.46. The molecule has 1 atom stereocenters. The van der Waals surface area contributed by atoms with E-state index in [0.717, 1.165) is 25.0 Å². The van der Waals surface area contributed by atoms with Crippen molar-refractivity contribution < 1.29 is 22.0 Å². The number of amides is 1. The van der Waals surface area contributed by atoms with Crippen LogP contribution in [0.3, 0.4) is 0 Å². The highest BCUT2D eigenvalue weighted by Gasteiger charge is 2.32. The molecule has 1 N–H and O–H groups in total. The molecule has 0 spiro atoms. The standard InChI is InChI=1S/C22H26F2N2O3S/c1-16(7-8-17-5-3-2-4-6-17)25-22(27)18-11-13-26(14-12-18)30(28,29)19-9-10-20(23)21(24)15-19/h2-6,9-10,15-16,18H,7-8,11-14H2,1H3,(H,25,27)/t16-/m1/s1. The zero-order valence-corrected chi connectivity index (χ0v) is 17.7. The van der Waals surface area contributed by atoms with E-state index in [1.54, 1.807) is 0 Å². The second kappa shape index (κ2) is 9.66. The molecule has 5 nitrogen and oxygen atoms in total. The average molecular weight is 437 g/mol. The van der Waals surface area contributed by atoms with Gasteiger partial charge in [-0.3, -0.25) is 4.79 Å². The topological polar surface area (TPSA) is 66.5 Å². The van der Waals surface area contributed by atoms with Crippen LogP contribution in [0, 0.1) is 17.6 Å². The maximum Gasteiger partial charge on any atom is 0.243 e. The smallest absolute Gasteiger partial charge is 0.243 e. The maximum atomic E-state index is 13.4. The zero-order chi connectivity index (χ0) is 21.7. The average Bonchev–Trinajstić information content (AvgIpc) is 2.75. The van der Waals surface area contributed by atoms with Crippen molar-refractivity contribution >= 4 is 15.9 Å². The molecule has 162 valence electrons. The number of carbonyl (C=O) groups excluding carboxylic acids is 1. The van der Waals surface area contributed by atoms with Gasteiger partial charge in [-0.2, -0.15) is 4.31 Å². The van der Waals surface area contributed by atoms with Crippen LogP contribution in [0.25, 0.3) is 0 Å². The van der Waals surface area contributed by atoms with E-state index in [-0.39, 0.29) is 35.9 Å². The van der Waals surface area contributed by atoms with Crippen molar-refractivity contribution in [3.8, 4) is 0 Å². The lowest BCUT2D eigenvalue weighted by atomic mass is 9.96. The third-order valence-corrected chi connectivity index (χ3v) is 7.35. The number of nitrogens with zero attached hydrogens (tertiary/aromatic N) is 1. The van der Waals surface area contributed by atoms with Crippen molar-refractivity contribution in [3.05, 3.63) is 65.7 Å². The second-order valence-electron chi connectivity index (χ2n) is 7.69. The lowest BCUT2D eigenvalue weighted by molar-refractivity contribution is -0.126. The molecule has 1 fully saturated rings. The first-order valence-corrected chi connectivity index (χ1v) is 11.5. The fourth-order valence-corrected chi connectivity index (χ4v) is 5.09. The Morgan fingerprint density at radius 2 is 1.77 bits per heavy atom. The molecule has 2 aromatic carbocycles. The van der Waals surface area contributed by atoms with Gasteiger partial charge < -0.3 is 5.32 Å². The monoisotopic (exact) mass is 436 g/mol. The predicted octanol–water partition coefficient (Wildman–Crippen LogP) is 3.50. The van der Waals surface area contributed by atoms with Gasteiger partial charge in [-0.05, 0) is 56.4 Å². The fraction of sp³-hybridized carbons (Fsp3) is 0.409. The molecule has 1 amide bonds. The molecule has 0 bridgehead atoms. The van der Waals surface area contributed by atoms with E-state index in [0.29, 0.717) is 18.9 Å². The molecule has 0 saturated carbocycles. The van der Waals surface area contributed by atoms with Gasteiger partial charge in [-0.25, -0.2) is 17.2 Å². The van der Waals surface area contributed by atoms with E-state index >= 15 is 0 Å². The number of sulfonamides is 1. The van der Waals surface area contributed by atoms with Gasteiger partial charge in [0.25, 0.3) is 0 Å². The summed E-state index contributed by atoms with van der Waals surface area (Å²) in [4.78, 5) is 12.3. The minimum absolute atomic E-state index is 0.0154. The number of aryl methyl sites for hydroxylation is 1. The van der Waals surface area contributed by atoms with Crippen molar-refractivity contribution in [2.45, 2.75) is 43.5 Å². The van der Waals surface area contributed by atoms with E-state index in [1.807, 2.05) is 25.1 Å². The molecule has 0 unspecified atom stereocenters. The van der Waals surface area contributed by atoms with Gasteiger partial charge in [0.2, 0.25) is 15.9 Å². The van der Waals surface area contributed by atoms with Gasteiger partial charge in [0.15, 0.2) is 11.6 Å². The van der Waals surface area contributed by atoms with Crippen LogP contribution in [-0.2, 0) is 21.2 Å². The zero-order valence-electron chi connectivity index (χ0n) is 16.9. The molecule has 1 saturated heterocycles. The number of piperidine rings is 1. The molecule has 1 heterocycles. The normalized spacial score (nSPS) is 16.9. The molecule has 8 heteroatoms. The Morgan fingerprint density at radius 3 is 2.40 bits per heavy atom. The summed E-state index contributed by atoms with van der Waals surface area (Å²) in [5, 5.41) is 3.02. The number of nitrogens with one attached hydrogen (secondary N) is 1. The van der Waals surface area contributed by atoms with Crippen molar-refractivity contribution in [1.82, 2.24) is 9.62 Å². The van der Waals surface area contributed by atoms with Crippen LogP contribution in [0.1, 0.15) is 31.7 Å². The highest BCUT2D eigenvalue weighted by molar-refractivity contribution is 7.89. The number of benzene rings is 2. The van der Waals surface area contributed by atoms with E-state index in [4.69, 9.17) is 0 Å². The lowest BCUT2D eigenvalue weighted by Crippen LogP contribution is -2.44. The number of rotatable bonds is 7. The van der Waals surface area contributed by atoms with E-state index in [2.05, 4.69) is 17.4 Å². The molecule has 1 aliphatic rings. The third-order valence-electron chi connectivity index (χ3n) is 5.45. The van der Waals surface area contributed by atoms with Crippen LogP contribution in [0.5, 0.6) is 0 Å². The number of hydrogen-bond acceptors (Lipinski definition) is 3. The lowest BCUT2D eigenvalue weighted by Gasteiger charge is -2.31. The van der Waals surface area contributed by atoms with E-state index in [1.165, 1.54) is 9.87 Å². The van der Waals surface area contributed by atoms with Crippen molar-refractivity contribution in [3.63, 3.8) is 0 Å². The Kier molecular flexibility index (Phi) is 7.20.